The number of benzene rings is 2. The van der Waals surface area contributed by atoms with Gasteiger partial charge in [0.1, 0.15) is 0 Å². The van der Waals surface area contributed by atoms with Gasteiger partial charge in [-0.15, -0.1) is 0 Å². The molecule has 2 aromatic rings. The first-order chi connectivity index (χ1) is 9.92. The molecule has 2 rings (SSSR count). The molecule has 0 bridgehead atoms. The Hall–Kier alpha value is -1.60. The second kappa shape index (κ2) is 8.55. The van der Waals surface area contributed by atoms with Crippen LogP contribution in [0.5, 0.6) is 0 Å². The first-order valence-electron chi connectivity index (χ1n) is 7.59. The molecular formula is C19H24O. The van der Waals surface area contributed by atoms with Gasteiger partial charge < -0.3 is 4.74 Å². The predicted octanol–water partition coefficient (Wildman–Crippen LogP) is 5.03. The molecule has 0 spiro atoms. The van der Waals surface area contributed by atoms with E-state index < -0.39 is 0 Å². The summed E-state index contributed by atoms with van der Waals surface area (Å²) in [6.07, 6.45) is 3.34. The lowest BCUT2D eigenvalue weighted by Crippen LogP contribution is -2.04. The molecule has 2 aromatic carbocycles. The molecule has 0 radical (unpaired) electrons. The Morgan fingerprint density at radius 2 is 1.35 bits per heavy atom. The average molecular weight is 268 g/mol. The van der Waals surface area contributed by atoms with E-state index >= 15 is 0 Å². The van der Waals surface area contributed by atoms with Crippen LogP contribution in [0.4, 0.5) is 0 Å². The van der Waals surface area contributed by atoms with Crippen LogP contribution in [0.2, 0.25) is 0 Å². The maximum atomic E-state index is 5.60. The minimum Gasteiger partial charge on any atom is -0.381 e. The molecule has 0 aromatic heterocycles. The molecule has 0 aliphatic carbocycles. The minimum atomic E-state index is 0.475. The lowest BCUT2D eigenvalue weighted by Gasteiger charge is -2.18. The van der Waals surface area contributed by atoms with E-state index in [9.17, 15) is 0 Å². The second-order valence-corrected chi connectivity index (χ2v) is 5.13. The zero-order valence-electron chi connectivity index (χ0n) is 12.3. The van der Waals surface area contributed by atoms with E-state index in [0.717, 1.165) is 32.5 Å². The highest BCUT2D eigenvalue weighted by molar-refractivity contribution is 5.32. The van der Waals surface area contributed by atoms with E-state index in [1.165, 1.54) is 11.1 Å². The predicted molar refractivity (Wildman–Crippen MR) is 85.1 cm³/mol. The molecule has 0 N–H and O–H groups in total. The molecule has 20 heavy (non-hydrogen) atoms. The minimum absolute atomic E-state index is 0.475. The molecule has 0 heterocycles. The largest absolute Gasteiger partial charge is 0.381 e. The van der Waals surface area contributed by atoms with Crippen LogP contribution in [0.15, 0.2) is 60.7 Å². The van der Waals surface area contributed by atoms with E-state index in [-0.39, 0.29) is 0 Å². The van der Waals surface area contributed by atoms with Gasteiger partial charge in [0, 0.05) is 19.1 Å². The van der Waals surface area contributed by atoms with Crippen LogP contribution in [0, 0.1) is 0 Å². The van der Waals surface area contributed by atoms with Crippen molar-refractivity contribution >= 4 is 0 Å². The average Bonchev–Trinajstić information content (AvgIpc) is 2.53. The third-order valence-electron chi connectivity index (χ3n) is 3.53. The van der Waals surface area contributed by atoms with Crippen LogP contribution in [0.3, 0.4) is 0 Å². The smallest absolute Gasteiger partial charge is 0.0466 e. The summed E-state index contributed by atoms with van der Waals surface area (Å²) < 4.78 is 5.60. The zero-order chi connectivity index (χ0) is 14.0. The number of hydrogen-bond donors (Lipinski definition) is 0. The standard InChI is InChI=1S/C19H24O/c1-2-15-20-16-9-14-19(17-10-5-3-6-11-17)18-12-7-4-8-13-18/h3-8,10-13,19H,2,9,14-16H2,1H3. The summed E-state index contributed by atoms with van der Waals surface area (Å²) in [4.78, 5) is 0. The Bertz CT molecular complexity index is 424. The first-order valence-corrected chi connectivity index (χ1v) is 7.59. The SMILES string of the molecule is CCCOCCCC(c1ccccc1)c1ccccc1. The summed E-state index contributed by atoms with van der Waals surface area (Å²) >= 11 is 0. The fourth-order valence-corrected chi connectivity index (χ4v) is 2.53. The Morgan fingerprint density at radius 3 is 1.85 bits per heavy atom. The highest BCUT2D eigenvalue weighted by atomic mass is 16.5. The van der Waals surface area contributed by atoms with Crippen molar-refractivity contribution in [1.29, 1.82) is 0 Å². The molecule has 106 valence electrons. The van der Waals surface area contributed by atoms with Gasteiger partial charge in [-0.1, -0.05) is 67.6 Å². The van der Waals surface area contributed by atoms with Crippen LogP contribution in [0.1, 0.15) is 43.2 Å². The van der Waals surface area contributed by atoms with E-state index in [4.69, 9.17) is 4.74 Å². The third-order valence-corrected chi connectivity index (χ3v) is 3.53. The fourth-order valence-electron chi connectivity index (χ4n) is 2.53. The van der Waals surface area contributed by atoms with Crippen LogP contribution in [0.25, 0.3) is 0 Å². The Morgan fingerprint density at radius 1 is 0.800 bits per heavy atom. The summed E-state index contributed by atoms with van der Waals surface area (Å²) in [6.45, 7) is 3.89. The van der Waals surface area contributed by atoms with Crippen molar-refractivity contribution in [3.05, 3.63) is 71.8 Å². The van der Waals surface area contributed by atoms with E-state index in [0.29, 0.717) is 5.92 Å². The summed E-state index contributed by atoms with van der Waals surface area (Å²) in [6, 6.07) is 21.6. The van der Waals surface area contributed by atoms with Gasteiger partial charge in [0.05, 0.1) is 0 Å². The molecule has 0 fully saturated rings. The molecule has 0 amide bonds. The van der Waals surface area contributed by atoms with Gasteiger partial charge in [-0.25, -0.2) is 0 Å². The maximum Gasteiger partial charge on any atom is 0.0466 e. The van der Waals surface area contributed by atoms with Gasteiger partial charge in [0.2, 0.25) is 0 Å². The molecule has 0 aliphatic rings. The van der Waals surface area contributed by atoms with Gasteiger partial charge in [-0.2, -0.15) is 0 Å². The second-order valence-electron chi connectivity index (χ2n) is 5.13. The quantitative estimate of drug-likeness (QED) is 0.610. The van der Waals surface area contributed by atoms with Crippen LogP contribution >= 0.6 is 0 Å². The van der Waals surface area contributed by atoms with Gasteiger partial charge in [-0.3, -0.25) is 0 Å². The monoisotopic (exact) mass is 268 g/mol. The summed E-state index contributed by atoms with van der Waals surface area (Å²) in [7, 11) is 0. The lowest BCUT2D eigenvalue weighted by atomic mass is 9.88. The molecular weight excluding hydrogens is 244 g/mol. The highest BCUT2D eigenvalue weighted by Crippen LogP contribution is 2.28. The molecule has 0 aliphatic heterocycles. The van der Waals surface area contributed by atoms with Crippen molar-refractivity contribution in [2.24, 2.45) is 0 Å². The van der Waals surface area contributed by atoms with Crippen molar-refractivity contribution in [2.45, 2.75) is 32.1 Å². The van der Waals surface area contributed by atoms with Crippen LogP contribution < -0.4 is 0 Å². The van der Waals surface area contributed by atoms with E-state index in [2.05, 4.69) is 67.6 Å². The van der Waals surface area contributed by atoms with Gasteiger partial charge in [-0.05, 0) is 30.4 Å². The van der Waals surface area contributed by atoms with Crippen molar-refractivity contribution < 1.29 is 4.74 Å². The molecule has 0 saturated carbocycles. The van der Waals surface area contributed by atoms with E-state index in [1.807, 2.05) is 0 Å². The molecule has 0 unspecified atom stereocenters. The summed E-state index contributed by atoms with van der Waals surface area (Å²) in [5.74, 6) is 0.475. The zero-order valence-corrected chi connectivity index (χ0v) is 12.3. The van der Waals surface area contributed by atoms with E-state index in [1.54, 1.807) is 0 Å². The summed E-state index contributed by atoms with van der Waals surface area (Å²) in [5, 5.41) is 0. The van der Waals surface area contributed by atoms with Crippen molar-refractivity contribution in [3.8, 4) is 0 Å². The number of rotatable bonds is 8. The van der Waals surface area contributed by atoms with Crippen molar-refractivity contribution in [2.75, 3.05) is 13.2 Å². The molecule has 0 atom stereocenters. The topological polar surface area (TPSA) is 9.23 Å². The van der Waals surface area contributed by atoms with Gasteiger partial charge in [0.25, 0.3) is 0 Å². The van der Waals surface area contributed by atoms with Gasteiger partial charge in [0.15, 0.2) is 0 Å². The number of ether oxygens (including phenoxy) is 1. The fraction of sp³-hybridized carbons (Fsp3) is 0.368. The Balaban J connectivity index is 2.02. The third kappa shape index (κ3) is 4.50. The molecule has 1 heteroatoms. The Labute approximate surface area is 122 Å². The highest BCUT2D eigenvalue weighted by Gasteiger charge is 2.13. The molecule has 1 nitrogen and oxygen atoms in total. The lowest BCUT2D eigenvalue weighted by molar-refractivity contribution is 0.130. The van der Waals surface area contributed by atoms with Crippen molar-refractivity contribution in [3.63, 3.8) is 0 Å². The maximum absolute atomic E-state index is 5.60. The normalized spacial score (nSPS) is 10.9. The van der Waals surface area contributed by atoms with Crippen LogP contribution in [-0.4, -0.2) is 13.2 Å². The summed E-state index contributed by atoms with van der Waals surface area (Å²) in [5.41, 5.74) is 2.79. The van der Waals surface area contributed by atoms with Crippen molar-refractivity contribution in [1.82, 2.24) is 0 Å². The van der Waals surface area contributed by atoms with Crippen LogP contribution in [-0.2, 0) is 4.74 Å². The van der Waals surface area contributed by atoms with Gasteiger partial charge >= 0.3 is 0 Å². The first kappa shape index (κ1) is 14.8. The molecule has 0 saturated heterocycles. The Kier molecular flexibility index (Phi) is 6.33. The number of hydrogen-bond acceptors (Lipinski definition) is 1.